The molecule has 1 heterocycles. The van der Waals surface area contributed by atoms with E-state index in [-0.39, 0.29) is 11.7 Å². The Balaban J connectivity index is 2.84. The first-order chi connectivity index (χ1) is 6.00. The van der Waals surface area contributed by atoms with Gasteiger partial charge in [0.2, 0.25) is 0 Å². The van der Waals surface area contributed by atoms with E-state index in [2.05, 4.69) is 13.8 Å². The highest BCUT2D eigenvalue weighted by molar-refractivity contribution is 5.89. The predicted molar refractivity (Wildman–Crippen MR) is 52.6 cm³/mol. The maximum absolute atomic E-state index is 12.0. The molecule has 1 atom stereocenters. The fraction of sp³-hybridized carbons (Fsp3) is 0.909. The van der Waals surface area contributed by atoms with Crippen molar-refractivity contribution in [1.29, 1.82) is 0 Å². The Morgan fingerprint density at radius 1 is 1.31 bits per heavy atom. The van der Waals surface area contributed by atoms with Crippen LogP contribution in [0.2, 0.25) is 0 Å². The third kappa shape index (κ3) is 1.78. The summed E-state index contributed by atoms with van der Waals surface area (Å²) in [6.45, 7) is 8.80. The van der Waals surface area contributed by atoms with Gasteiger partial charge >= 0.3 is 0 Å². The molecule has 0 unspecified atom stereocenters. The zero-order chi connectivity index (χ0) is 10.1. The molecule has 0 saturated carbocycles. The van der Waals surface area contributed by atoms with Crippen LogP contribution in [0.15, 0.2) is 0 Å². The number of ketones is 1. The molecule has 0 spiro atoms. The molecule has 1 saturated heterocycles. The van der Waals surface area contributed by atoms with E-state index >= 15 is 0 Å². The van der Waals surface area contributed by atoms with Crippen LogP contribution in [-0.4, -0.2) is 18.0 Å². The summed E-state index contributed by atoms with van der Waals surface area (Å²) in [5, 5.41) is 0. The molecule has 76 valence electrons. The minimum absolute atomic E-state index is 0.0838. The van der Waals surface area contributed by atoms with Gasteiger partial charge in [0.05, 0.1) is 0 Å². The Morgan fingerprint density at radius 2 is 1.92 bits per heavy atom. The highest BCUT2D eigenvalue weighted by Gasteiger charge is 2.45. The van der Waals surface area contributed by atoms with Gasteiger partial charge in [0.1, 0.15) is 5.60 Å². The summed E-state index contributed by atoms with van der Waals surface area (Å²) in [7, 11) is 0. The summed E-state index contributed by atoms with van der Waals surface area (Å²) in [6, 6.07) is 0. The van der Waals surface area contributed by atoms with Crippen LogP contribution < -0.4 is 0 Å². The molecular weight excluding hydrogens is 164 g/mol. The highest BCUT2D eigenvalue weighted by atomic mass is 16.5. The van der Waals surface area contributed by atoms with E-state index in [0.717, 1.165) is 19.4 Å². The van der Waals surface area contributed by atoms with Gasteiger partial charge in [0.25, 0.3) is 0 Å². The van der Waals surface area contributed by atoms with Gasteiger partial charge in [0, 0.05) is 12.5 Å². The van der Waals surface area contributed by atoms with Gasteiger partial charge < -0.3 is 4.74 Å². The summed E-state index contributed by atoms with van der Waals surface area (Å²) in [5.41, 5.74) is -0.464. The molecule has 2 heteroatoms. The van der Waals surface area contributed by atoms with Crippen molar-refractivity contribution in [2.75, 3.05) is 6.61 Å². The molecule has 1 fully saturated rings. The van der Waals surface area contributed by atoms with Crippen LogP contribution in [0.5, 0.6) is 0 Å². The second-order valence-corrected chi connectivity index (χ2v) is 4.52. The van der Waals surface area contributed by atoms with Gasteiger partial charge in [-0.2, -0.15) is 0 Å². The molecule has 0 aromatic carbocycles. The zero-order valence-corrected chi connectivity index (χ0v) is 9.09. The van der Waals surface area contributed by atoms with Crippen molar-refractivity contribution in [3.05, 3.63) is 0 Å². The molecule has 13 heavy (non-hydrogen) atoms. The molecular formula is C11H20O2. The molecule has 1 aliphatic heterocycles. The van der Waals surface area contributed by atoms with Crippen LogP contribution in [0.25, 0.3) is 0 Å². The Labute approximate surface area is 80.7 Å². The van der Waals surface area contributed by atoms with Crippen molar-refractivity contribution < 1.29 is 9.53 Å². The molecule has 0 bridgehead atoms. The quantitative estimate of drug-likeness (QED) is 0.673. The molecule has 0 aliphatic carbocycles. The predicted octanol–water partition coefficient (Wildman–Crippen LogP) is 2.42. The molecule has 0 aromatic heterocycles. The van der Waals surface area contributed by atoms with Gasteiger partial charge in [-0.3, -0.25) is 4.79 Å². The first-order valence-electron chi connectivity index (χ1n) is 5.19. The number of hydrogen-bond acceptors (Lipinski definition) is 2. The van der Waals surface area contributed by atoms with E-state index in [1.807, 2.05) is 13.8 Å². The SMILES string of the molecule is CC(C)C(=O)[C@]1(C(C)C)CCCO1. The lowest BCUT2D eigenvalue weighted by atomic mass is 9.79. The standard InChI is InChI=1S/C11H20O2/c1-8(2)10(12)11(9(3)4)6-5-7-13-11/h8-9H,5-7H2,1-4H3/t11-/m1/s1. The van der Waals surface area contributed by atoms with Crippen molar-refractivity contribution in [2.45, 2.75) is 46.1 Å². The Kier molecular flexibility index (Phi) is 3.12. The largest absolute Gasteiger partial charge is 0.367 e. The minimum Gasteiger partial charge on any atom is -0.367 e. The number of Topliss-reactive ketones (excluding diaryl/α,β-unsaturated/α-hetero) is 1. The van der Waals surface area contributed by atoms with Gasteiger partial charge in [-0.1, -0.05) is 27.7 Å². The average molecular weight is 184 g/mol. The van der Waals surface area contributed by atoms with E-state index in [1.54, 1.807) is 0 Å². The molecule has 0 amide bonds. The van der Waals surface area contributed by atoms with Crippen molar-refractivity contribution >= 4 is 5.78 Å². The van der Waals surface area contributed by atoms with Crippen molar-refractivity contribution in [3.8, 4) is 0 Å². The van der Waals surface area contributed by atoms with Crippen molar-refractivity contribution in [2.24, 2.45) is 11.8 Å². The third-order valence-corrected chi connectivity index (χ3v) is 2.93. The fourth-order valence-electron chi connectivity index (χ4n) is 2.08. The summed E-state index contributed by atoms with van der Waals surface area (Å²) < 4.78 is 5.68. The molecule has 0 aromatic rings. The molecule has 0 radical (unpaired) electrons. The zero-order valence-electron chi connectivity index (χ0n) is 9.09. The Morgan fingerprint density at radius 3 is 2.23 bits per heavy atom. The van der Waals surface area contributed by atoms with Crippen LogP contribution in [0.1, 0.15) is 40.5 Å². The minimum atomic E-state index is -0.464. The van der Waals surface area contributed by atoms with Crippen LogP contribution >= 0.6 is 0 Å². The smallest absolute Gasteiger partial charge is 0.167 e. The molecule has 1 rings (SSSR count). The van der Waals surface area contributed by atoms with E-state index in [9.17, 15) is 4.79 Å². The Bertz CT molecular complexity index is 188. The van der Waals surface area contributed by atoms with E-state index in [4.69, 9.17) is 4.74 Å². The third-order valence-electron chi connectivity index (χ3n) is 2.93. The van der Waals surface area contributed by atoms with Gasteiger partial charge in [0.15, 0.2) is 5.78 Å². The first-order valence-corrected chi connectivity index (χ1v) is 5.19. The van der Waals surface area contributed by atoms with Crippen LogP contribution in [-0.2, 0) is 9.53 Å². The van der Waals surface area contributed by atoms with E-state index < -0.39 is 5.60 Å². The number of rotatable bonds is 3. The lowest BCUT2D eigenvalue weighted by Crippen LogP contribution is -2.45. The van der Waals surface area contributed by atoms with E-state index in [0.29, 0.717) is 5.92 Å². The second-order valence-electron chi connectivity index (χ2n) is 4.52. The fourth-order valence-corrected chi connectivity index (χ4v) is 2.08. The topological polar surface area (TPSA) is 26.3 Å². The Hall–Kier alpha value is -0.370. The average Bonchev–Trinajstić information content (AvgIpc) is 2.51. The van der Waals surface area contributed by atoms with Crippen LogP contribution in [0.4, 0.5) is 0 Å². The summed E-state index contributed by atoms with van der Waals surface area (Å²) >= 11 is 0. The van der Waals surface area contributed by atoms with Crippen molar-refractivity contribution in [1.82, 2.24) is 0 Å². The number of ether oxygens (including phenoxy) is 1. The molecule has 2 nitrogen and oxygen atoms in total. The van der Waals surface area contributed by atoms with E-state index in [1.165, 1.54) is 0 Å². The van der Waals surface area contributed by atoms with Crippen LogP contribution in [0.3, 0.4) is 0 Å². The number of carbonyl (C=O) groups excluding carboxylic acids is 1. The molecule has 1 aliphatic rings. The summed E-state index contributed by atoms with van der Waals surface area (Å²) in [4.78, 5) is 12.0. The second kappa shape index (κ2) is 3.79. The first kappa shape index (κ1) is 10.7. The van der Waals surface area contributed by atoms with Gasteiger partial charge in [-0.05, 0) is 18.8 Å². The normalized spacial score (nSPS) is 28.8. The lowest BCUT2D eigenvalue weighted by Gasteiger charge is -2.32. The van der Waals surface area contributed by atoms with Gasteiger partial charge in [-0.25, -0.2) is 0 Å². The number of carbonyl (C=O) groups is 1. The maximum Gasteiger partial charge on any atom is 0.167 e. The van der Waals surface area contributed by atoms with Crippen LogP contribution in [0, 0.1) is 11.8 Å². The summed E-state index contributed by atoms with van der Waals surface area (Å²) in [6.07, 6.45) is 1.93. The monoisotopic (exact) mass is 184 g/mol. The van der Waals surface area contributed by atoms with Gasteiger partial charge in [-0.15, -0.1) is 0 Å². The van der Waals surface area contributed by atoms with Crippen molar-refractivity contribution in [3.63, 3.8) is 0 Å². The molecule has 0 N–H and O–H groups in total. The highest BCUT2D eigenvalue weighted by Crippen LogP contribution is 2.35. The summed E-state index contributed by atoms with van der Waals surface area (Å²) in [5.74, 6) is 0.658. The lowest BCUT2D eigenvalue weighted by molar-refractivity contribution is -0.147. The number of hydrogen-bond donors (Lipinski definition) is 0. The maximum atomic E-state index is 12.0.